The van der Waals surface area contributed by atoms with Crippen molar-refractivity contribution in [3.63, 3.8) is 0 Å². The molecule has 0 saturated heterocycles. The highest BCUT2D eigenvalue weighted by molar-refractivity contribution is 6.21. The molecule has 1 N–H and O–H groups in total. The number of nitrogens with zero attached hydrogens (tertiary/aromatic N) is 3. The third kappa shape index (κ3) is 5.79. The topological polar surface area (TPSA) is 54.8 Å². The van der Waals surface area contributed by atoms with E-state index in [1.165, 1.54) is 21.5 Å². The van der Waals surface area contributed by atoms with Crippen LogP contribution in [0.3, 0.4) is 0 Å². The van der Waals surface area contributed by atoms with Gasteiger partial charge >= 0.3 is 0 Å². The first-order chi connectivity index (χ1) is 31.7. The molecule has 12 aromatic rings. The van der Waals surface area contributed by atoms with Gasteiger partial charge in [0.15, 0.2) is 5.84 Å². The van der Waals surface area contributed by atoms with Crippen LogP contribution in [0.4, 0.5) is 0 Å². The van der Waals surface area contributed by atoms with Crippen molar-refractivity contribution in [2.45, 2.75) is 6.17 Å². The summed E-state index contributed by atoms with van der Waals surface area (Å²) in [5.41, 5.74) is 12.4. The van der Waals surface area contributed by atoms with Crippen molar-refractivity contribution in [3.8, 4) is 27.9 Å². The quantitative estimate of drug-likeness (QED) is 0.182. The zero-order valence-corrected chi connectivity index (χ0v) is 34.6. The molecule has 300 valence electrons. The third-order valence-electron chi connectivity index (χ3n) is 12.8. The largest absolute Gasteiger partial charge is 0.455 e. The van der Waals surface area contributed by atoms with E-state index in [0.717, 1.165) is 94.2 Å². The van der Waals surface area contributed by atoms with E-state index < -0.39 is 0 Å². The highest BCUT2D eigenvalue weighted by Gasteiger charge is 2.26. The van der Waals surface area contributed by atoms with Crippen LogP contribution >= 0.6 is 0 Å². The molecule has 5 heteroatoms. The standard InChI is InChI=1S/C59H38N4O/c1-3-16-37(17-4-1)43-23-11-12-26-47(43)59-61-57(39-19-5-2-6-20-39)60-58(62-59)42-31-33-52(63-51-28-14-13-25-45(51)49-34-40-21-7-8-22-41(40)36-53(49)63)50(35-42)46-27-15-29-54-55(46)48-32-30-38-18-9-10-24-44(38)56(48)64-54/h1-36,57H,(H,60,61,62). The van der Waals surface area contributed by atoms with Crippen LogP contribution in [0.1, 0.15) is 22.9 Å². The van der Waals surface area contributed by atoms with E-state index in [1.807, 2.05) is 6.07 Å². The van der Waals surface area contributed by atoms with Crippen LogP contribution in [0.25, 0.3) is 93.2 Å². The summed E-state index contributed by atoms with van der Waals surface area (Å²) in [4.78, 5) is 10.8. The van der Waals surface area contributed by atoms with Gasteiger partial charge in [-0.3, -0.25) is 0 Å². The molecule has 0 aliphatic carbocycles. The number of furan rings is 1. The number of rotatable bonds is 6. The lowest BCUT2D eigenvalue weighted by atomic mass is 9.94. The predicted octanol–water partition coefficient (Wildman–Crippen LogP) is 14.8. The fourth-order valence-corrected chi connectivity index (χ4v) is 9.86. The first-order valence-corrected chi connectivity index (χ1v) is 21.8. The molecule has 0 bridgehead atoms. The van der Waals surface area contributed by atoms with E-state index in [-0.39, 0.29) is 6.17 Å². The monoisotopic (exact) mass is 818 g/mol. The van der Waals surface area contributed by atoms with Crippen molar-refractivity contribution in [2.24, 2.45) is 9.98 Å². The van der Waals surface area contributed by atoms with Crippen LogP contribution in [0.15, 0.2) is 233 Å². The lowest BCUT2D eigenvalue weighted by Gasteiger charge is -2.25. The Morgan fingerprint density at radius 2 is 1.12 bits per heavy atom. The van der Waals surface area contributed by atoms with E-state index in [0.29, 0.717) is 5.84 Å². The zero-order chi connectivity index (χ0) is 42.1. The number of amidine groups is 2. The maximum Gasteiger partial charge on any atom is 0.159 e. The number of aromatic nitrogens is 1. The van der Waals surface area contributed by atoms with Crippen molar-refractivity contribution >= 4 is 77.0 Å². The van der Waals surface area contributed by atoms with Gasteiger partial charge < -0.3 is 14.3 Å². The Labute approximate surface area is 368 Å². The number of aliphatic imine (C=N–C) groups is 2. The van der Waals surface area contributed by atoms with Gasteiger partial charge in [0.05, 0.1) is 16.7 Å². The number of benzene rings is 10. The van der Waals surface area contributed by atoms with Gasteiger partial charge in [-0.25, -0.2) is 9.98 Å². The summed E-state index contributed by atoms with van der Waals surface area (Å²) in [6, 6.07) is 77.5. The molecule has 0 fully saturated rings. The van der Waals surface area contributed by atoms with Crippen molar-refractivity contribution in [1.82, 2.24) is 9.88 Å². The summed E-state index contributed by atoms with van der Waals surface area (Å²) in [5, 5.41) is 13.0. The van der Waals surface area contributed by atoms with Crippen LogP contribution in [0.2, 0.25) is 0 Å². The number of nitrogens with one attached hydrogen (secondary N) is 1. The van der Waals surface area contributed by atoms with Gasteiger partial charge in [-0.15, -0.1) is 0 Å². The fourth-order valence-electron chi connectivity index (χ4n) is 9.86. The maximum absolute atomic E-state index is 6.81. The summed E-state index contributed by atoms with van der Waals surface area (Å²) >= 11 is 0. The summed E-state index contributed by atoms with van der Waals surface area (Å²) in [7, 11) is 0. The summed E-state index contributed by atoms with van der Waals surface area (Å²) in [6.45, 7) is 0. The van der Waals surface area contributed by atoms with Crippen molar-refractivity contribution in [3.05, 3.63) is 235 Å². The molecule has 1 aliphatic rings. The van der Waals surface area contributed by atoms with Crippen LogP contribution in [0, 0.1) is 0 Å². The van der Waals surface area contributed by atoms with Gasteiger partial charge in [-0.2, -0.15) is 0 Å². The molecule has 1 atom stereocenters. The average Bonchev–Trinajstić information content (AvgIpc) is 3.92. The van der Waals surface area contributed by atoms with E-state index >= 15 is 0 Å². The first-order valence-electron chi connectivity index (χ1n) is 21.8. The minimum absolute atomic E-state index is 0.365. The Kier molecular flexibility index (Phi) is 8.21. The number of hydrogen-bond acceptors (Lipinski definition) is 4. The molecule has 1 aliphatic heterocycles. The molecule has 1 unspecified atom stereocenters. The molecule has 13 rings (SSSR count). The van der Waals surface area contributed by atoms with E-state index in [4.69, 9.17) is 14.4 Å². The second kappa shape index (κ2) is 14.5. The highest BCUT2D eigenvalue weighted by Crippen LogP contribution is 2.44. The van der Waals surface area contributed by atoms with Gasteiger partial charge in [0.2, 0.25) is 0 Å². The van der Waals surface area contributed by atoms with Crippen molar-refractivity contribution < 1.29 is 4.42 Å². The molecule has 64 heavy (non-hydrogen) atoms. The molecule has 3 heterocycles. The third-order valence-corrected chi connectivity index (χ3v) is 12.8. The van der Waals surface area contributed by atoms with E-state index in [2.05, 4.69) is 222 Å². The maximum atomic E-state index is 6.81. The molecule has 10 aromatic carbocycles. The van der Waals surface area contributed by atoms with Gasteiger partial charge in [-0.05, 0) is 86.9 Å². The smallest absolute Gasteiger partial charge is 0.159 e. The van der Waals surface area contributed by atoms with Crippen LogP contribution in [0.5, 0.6) is 0 Å². The second-order valence-electron chi connectivity index (χ2n) is 16.5. The lowest BCUT2D eigenvalue weighted by Crippen LogP contribution is -2.34. The Bertz CT molecular complexity index is 3880. The fraction of sp³-hybridized carbons (Fsp3) is 0.0169. The SMILES string of the molecule is c1ccc(-c2ccccc2C2=NC(c3ccc(-n4c5ccccc5c5cc6ccccc6cc54)c(-c4cccc5oc6c7ccccc7ccc6c45)c3)=NC(c3ccccc3)N2)cc1. The Morgan fingerprint density at radius 1 is 0.438 bits per heavy atom. The molecule has 2 aromatic heterocycles. The number of fused-ring (bicyclic) bond motifs is 9. The predicted molar refractivity (Wildman–Crippen MR) is 266 cm³/mol. The molecular weight excluding hydrogens is 781 g/mol. The first kappa shape index (κ1) is 36.1. The molecule has 0 amide bonds. The van der Waals surface area contributed by atoms with Crippen molar-refractivity contribution in [1.29, 1.82) is 0 Å². The summed E-state index contributed by atoms with van der Waals surface area (Å²) in [6.07, 6.45) is -0.365. The molecule has 0 saturated carbocycles. The number of hydrogen-bond donors (Lipinski definition) is 1. The summed E-state index contributed by atoms with van der Waals surface area (Å²) in [5.74, 6) is 1.43. The molecule has 0 spiro atoms. The van der Waals surface area contributed by atoms with Gasteiger partial charge in [0.1, 0.15) is 23.2 Å². The number of para-hydroxylation sites is 1. The van der Waals surface area contributed by atoms with Crippen LogP contribution in [-0.4, -0.2) is 16.2 Å². The normalized spacial score (nSPS) is 14.1. The van der Waals surface area contributed by atoms with Crippen molar-refractivity contribution in [2.75, 3.05) is 0 Å². The Morgan fingerprint density at radius 3 is 1.97 bits per heavy atom. The summed E-state index contributed by atoms with van der Waals surface area (Å²) < 4.78 is 9.25. The lowest BCUT2D eigenvalue weighted by molar-refractivity contribution is 0.673. The molecular formula is C59H38N4O. The Balaban J connectivity index is 1.10. The second-order valence-corrected chi connectivity index (χ2v) is 16.5. The van der Waals surface area contributed by atoms with Crippen LogP contribution in [-0.2, 0) is 0 Å². The van der Waals surface area contributed by atoms with E-state index in [9.17, 15) is 0 Å². The van der Waals surface area contributed by atoms with Gasteiger partial charge in [0, 0.05) is 43.6 Å². The zero-order valence-electron chi connectivity index (χ0n) is 34.6. The van der Waals surface area contributed by atoms with E-state index in [1.54, 1.807) is 0 Å². The minimum Gasteiger partial charge on any atom is -0.455 e. The van der Waals surface area contributed by atoms with Gasteiger partial charge in [-0.1, -0.05) is 170 Å². The van der Waals surface area contributed by atoms with Crippen LogP contribution < -0.4 is 5.32 Å². The highest BCUT2D eigenvalue weighted by atomic mass is 16.3. The molecule has 0 radical (unpaired) electrons. The average molecular weight is 819 g/mol. The Hall–Kier alpha value is -8.54. The molecule has 5 nitrogen and oxygen atoms in total. The minimum atomic E-state index is -0.365. The van der Waals surface area contributed by atoms with Gasteiger partial charge in [0.25, 0.3) is 0 Å².